The van der Waals surface area contributed by atoms with Crippen molar-refractivity contribution in [3.8, 4) is 0 Å². The molecule has 3 fully saturated rings. The summed E-state index contributed by atoms with van der Waals surface area (Å²) in [5.41, 5.74) is 1.22. The number of rotatable bonds is 2. The molecule has 3 saturated heterocycles. The Kier molecular flexibility index (Phi) is 3.06. The highest BCUT2D eigenvalue weighted by Crippen LogP contribution is 2.53. The van der Waals surface area contributed by atoms with Crippen LogP contribution in [0.1, 0.15) is 30.7 Å². The van der Waals surface area contributed by atoms with Crippen LogP contribution < -0.4 is 0 Å². The van der Waals surface area contributed by atoms with E-state index in [1.54, 1.807) is 0 Å². The number of nitroso groups, excluding NO2 is 1. The Morgan fingerprint density at radius 1 is 1.20 bits per heavy atom. The van der Waals surface area contributed by atoms with E-state index in [1.807, 2.05) is 12.1 Å². The molecule has 1 aromatic rings. The molecule has 106 valence electrons. The second-order valence-electron chi connectivity index (χ2n) is 6.26. The maximum atomic E-state index is 11.2. The summed E-state index contributed by atoms with van der Waals surface area (Å²) in [6.45, 7) is 0.849. The Balaban J connectivity index is 1.74. The van der Waals surface area contributed by atoms with Crippen LogP contribution in [0.3, 0.4) is 0 Å². The van der Waals surface area contributed by atoms with Crippen LogP contribution in [-0.4, -0.2) is 29.6 Å². The van der Waals surface area contributed by atoms with Crippen LogP contribution in [0.25, 0.3) is 0 Å². The average molecular weight is 311 g/mol. The van der Waals surface area contributed by atoms with Crippen molar-refractivity contribution < 1.29 is 0 Å². The molecule has 1 aromatic carbocycles. The minimum Gasteiger partial charge on any atom is -0.295 e. The predicted octanol–water partition coefficient (Wildman–Crippen LogP) is 4.08. The first kappa shape index (κ1) is 13.1. The SMILES string of the molecule is O=NC1CN2[C@H]3CC[C@@H]2[C@@H]1[C@@H](c1ccc(Cl)c(Cl)c1)C3. The molecule has 0 N–H and O–H groups in total. The summed E-state index contributed by atoms with van der Waals surface area (Å²) >= 11 is 12.2. The van der Waals surface area contributed by atoms with E-state index in [2.05, 4.69) is 16.1 Å². The normalized spacial score (nSPS) is 41.9. The molecule has 4 bridgehead atoms. The summed E-state index contributed by atoms with van der Waals surface area (Å²) < 4.78 is 0. The van der Waals surface area contributed by atoms with Gasteiger partial charge in [-0.1, -0.05) is 34.4 Å². The molecular formula is C15H16Cl2N2O. The second kappa shape index (κ2) is 4.69. The largest absolute Gasteiger partial charge is 0.295 e. The van der Waals surface area contributed by atoms with E-state index in [0.29, 0.717) is 34.0 Å². The third-order valence-electron chi connectivity index (χ3n) is 5.47. The predicted molar refractivity (Wildman–Crippen MR) is 80.4 cm³/mol. The molecule has 3 aliphatic rings. The molecule has 0 spiro atoms. The maximum absolute atomic E-state index is 11.2. The molecule has 3 nitrogen and oxygen atoms in total. The van der Waals surface area contributed by atoms with E-state index in [-0.39, 0.29) is 6.04 Å². The summed E-state index contributed by atoms with van der Waals surface area (Å²) in [4.78, 5) is 13.7. The fraction of sp³-hybridized carbons (Fsp3) is 0.600. The van der Waals surface area contributed by atoms with E-state index >= 15 is 0 Å². The highest BCUT2D eigenvalue weighted by molar-refractivity contribution is 6.42. The Labute approximate surface area is 128 Å². The van der Waals surface area contributed by atoms with E-state index in [0.717, 1.165) is 13.0 Å². The van der Waals surface area contributed by atoms with Gasteiger partial charge in [-0.2, -0.15) is 4.91 Å². The molecule has 20 heavy (non-hydrogen) atoms. The number of hydrogen-bond donors (Lipinski definition) is 0. The van der Waals surface area contributed by atoms with Gasteiger partial charge in [-0.25, -0.2) is 0 Å². The van der Waals surface area contributed by atoms with Gasteiger partial charge in [0.15, 0.2) is 0 Å². The lowest BCUT2D eigenvalue weighted by Gasteiger charge is -2.37. The number of halogens is 2. The van der Waals surface area contributed by atoms with Crippen molar-refractivity contribution in [3.63, 3.8) is 0 Å². The van der Waals surface area contributed by atoms with Gasteiger partial charge in [0.05, 0.1) is 10.0 Å². The zero-order chi connectivity index (χ0) is 13.9. The fourth-order valence-electron chi connectivity index (χ4n) is 4.70. The van der Waals surface area contributed by atoms with Crippen molar-refractivity contribution in [3.05, 3.63) is 38.7 Å². The summed E-state index contributed by atoms with van der Waals surface area (Å²) in [5.74, 6) is 0.743. The molecule has 2 unspecified atom stereocenters. The smallest absolute Gasteiger partial charge is 0.109 e. The lowest BCUT2D eigenvalue weighted by Crippen LogP contribution is -2.40. The Morgan fingerprint density at radius 3 is 2.80 bits per heavy atom. The van der Waals surface area contributed by atoms with E-state index < -0.39 is 0 Å². The van der Waals surface area contributed by atoms with Crippen molar-refractivity contribution in [1.29, 1.82) is 0 Å². The molecule has 0 saturated carbocycles. The van der Waals surface area contributed by atoms with Gasteiger partial charge >= 0.3 is 0 Å². The molecule has 3 aliphatic heterocycles. The summed E-state index contributed by atoms with van der Waals surface area (Å²) in [6.07, 6.45) is 3.58. The lowest BCUT2D eigenvalue weighted by atomic mass is 9.76. The molecule has 3 heterocycles. The first-order chi connectivity index (χ1) is 9.69. The first-order valence-electron chi connectivity index (χ1n) is 7.22. The van der Waals surface area contributed by atoms with Crippen LogP contribution in [0.4, 0.5) is 0 Å². The molecule has 6 atom stereocenters. The molecule has 0 aliphatic carbocycles. The van der Waals surface area contributed by atoms with Gasteiger partial charge < -0.3 is 0 Å². The molecule has 0 aromatic heterocycles. The lowest BCUT2D eigenvalue weighted by molar-refractivity contribution is 0.151. The van der Waals surface area contributed by atoms with Crippen LogP contribution in [0, 0.1) is 10.8 Å². The van der Waals surface area contributed by atoms with Crippen LogP contribution in [0.5, 0.6) is 0 Å². The zero-order valence-electron chi connectivity index (χ0n) is 11.0. The highest BCUT2D eigenvalue weighted by atomic mass is 35.5. The van der Waals surface area contributed by atoms with Crippen molar-refractivity contribution in [2.24, 2.45) is 11.1 Å². The van der Waals surface area contributed by atoms with E-state index in [9.17, 15) is 4.91 Å². The van der Waals surface area contributed by atoms with Gasteiger partial charge in [0, 0.05) is 24.5 Å². The van der Waals surface area contributed by atoms with Crippen LogP contribution >= 0.6 is 23.2 Å². The zero-order valence-corrected chi connectivity index (χ0v) is 12.5. The maximum Gasteiger partial charge on any atom is 0.109 e. The number of hydrogen-bond acceptors (Lipinski definition) is 3. The van der Waals surface area contributed by atoms with E-state index in [1.165, 1.54) is 18.4 Å². The van der Waals surface area contributed by atoms with Crippen molar-refractivity contribution >= 4 is 23.2 Å². The van der Waals surface area contributed by atoms with Gasteiger partial charge in [-0.3, -0.25) is 4.90 Å². The van der Waals surface area contributed by atoms with Crippen LogP contribution in [0.15, 0.2) is 23.4 Å². The number of piperidine rings is 1. The third kappa shape index (κ3) is 1.76. The minimum atomic E-state index is -0.0650. The van der Waals surface area contributed by atoms with Crippen molar-refractivity contribution in [1.82, 2.24) is 4.90 Å². The third-order valence-corrected chi connectivity index (χ3v) is 6.21. The van der Waals surface area contributed by atoms with Gasteiger partial charge in [0.1, 0.15) is 6.04 Å². The molecule has 0 amide bonds. The van der Waals surface area contributed by atoms with Crippen LogP contribution in [-0.2, 0) is 0 Å². The monoisotopic (exact) mass is 310 g/mol. The Morgan fingerprint density at radius 2 is 2.05 bits per heavy atom. The van der Waals surface area contributed by atoms with Crippen molar-refractivity contribution in [2.75, 3.05) is 6.54 Å². The van der Waals surface area contributed by atoms with Gasteiger partial charge in [0.2, 0.25) is 0 Å². The average Bonchev–Trinajstić information content (AvgIpc) is 2.87. The molecular weight excluding hydrogens is 295 g/mol. The van der Waals surface area contributed by atoms with Crippen LogP contribution in [0.2, 0.25) is 10.0 Å². The number of benzene rings is 1. The fourth-order valence-corrected chi connectivity index (χ4v) is 5.01. The van der Waals surface area contributed by atoms with Gasteiger partial charge in [-0.05, 0) is 42.9 Å². The van der Waals surface area contributed by atoms with E-state index in [4.69, 9.17) is 23.2 Å². The standard InChI is InChI=1S/C15H16Cl2N2O/c16-11-3-1-8(5-12(11)17)10-6-9-2-4-14-15(10)13(18-20)7-19(9)14/h1,3,5,9-10,13-15H,2,4,6-7H2/t9-,10+,13?,14+,15+/m0/s1. The first-order valence-corrected chi connectivity index (χ1v) is 7.98. The summed E-state index contributed by atoms with van der Waals surface area (Å²) in [7, 11) is 0. The number of nitrogens with zero attached hydrogens (tertiary/aromatic N) is 2. The van der Waals surface area contributed by atoms with Gasteiger partial charge in [0.25, 0.3) is 0 Å². The van der Waals surface area contributed by atoms with Crippen molar-refractivity contribution in [2.45, 2.75) is 43.3 Å². The molecule has 4 rings (SSSR count). The second-order valence-corrected chi connectivity index (χ2v) is 7.08. The highest BCUT2D eigenvalue weighted by Gasteiger charge is 2.56. The van der Waals surface area contributed by atoms with Gasteiger partial charge in [-0.15, -0.1) is 0 Å². The Bertz CT molecular complexity index is 565. The molecule has 0 radical (unpaired) electrons. The minimum absolute atomic E-state index is 0.0650. The summed E-state index contributed by atoms with van der Waals surface area (Å²) in [6, 6.07) is 6.99. The quantitative estimate of drug-likeness (QED) is 0.771. The topological polar surface area (TPSA) is 32.7 Å². The molecule has 5 heteroatoms. The summed E-state index contributed by atoms with van der Waals surface area (Å²) in [5, 5.41) is 4.61. The Hall–Kier alpha value is -0.640.